The fourth-order valence-electron chi connectivity index (χ4n) is 3.20. The molecule has 1 N–H and O–H groups in total. The summed E-state index contributed by atoms with van der Waals surface area (Å²) >= 11 is 0. The van der Waals surface area contributed by atoms with Gasteiger partial charge in [-0.2, -0.15) is 0 Å². The molecule has 0 fully saturated rings. The molecule has 3 nitrogen and oxygen atoms in total. The van der Waals surface area contributed by atoms with Gasteiger partial charge in [0.05, 0.1) is 11.1 Å². The first kappa shape index (κ1) is 15.2. The van der Waals surface area contributed by atoms with Crippen molar-refractivity contribution in [1.29, 1.82) is 0 Å². The molecular formula is C22H17NO2. The van der Waals surface area contributed by atoms with Gasteiger partial charge in [0.25, 0.3) is 0 Å². The van der Waals surface area contributed by atoms with Crippen molar-refractivity contribution in [3.05, 3.63) is 102 Å². The molecule has 0 atom stereocenters. The maximum absolute atomic E-state index is 11.8. The molecule has 0 unspecified atom stereocenters. The monoisotopic (exact) mass is 327 g/mol. The van der Waals surface area contributed by atoms with Crippen LogP contribution in [0.15, 0.2) is 85.2 Å². The highest BCUT2D eigenvalue weighted by Crippen LogP contribution is 2.29. The average Bonchev–Trinajstić information content (AvgIpc) is 3.03. The lowest BCUT2D eigenvalue weighted by molar-refractivity contribution is 0.0700. The highest BCUT2D eigenvalue weighted by Gasteiger charge is 2.18. The molecule has 2 aromatic heterocycles. The minimum atomic E-state index is -0.905. The van der Waals surface area contributed by atoms with Gasteiger partial charge in [-0.3, -0.25) is 0 Å². The molecule has 0 saturated heterocycles. The van der Waals surface area contributed by atoms with E-state index in [1.54, 1.807) is 0 Å². The summed E-state index contributed by atoms with van der Waals surface area (Å²) in [6.07, 6.45) is 4.62. The zero-order chi connectivity index (χ0) is 17.2. The number of hydrogen-bond donors (Lipinski definition) is 1. The summed E-state index contributed by atoms with van der Waals surface area (Å²) in [5.74, 6) is -0.905. The van der Waals surface area contributed by atoms with Gasteiger partial charge in [0.15, 0.2) is 0 Å². The molecule has 0 aliphatic carbocycles. The van der Waals surface area contributed by atoms with Crippen molar-refractivity contribution in [3.8, 4) is 11.1 Å². The van der Waals surface area contributed by atoms with E-state index in [1.807, 2.05) is 65.3 Å². The van der Waals surface area contributed by atoms with Crippen molar-refractivity contribution in [2.75, 3.05) is 0 Å². The van der Waals surface area contributed by atoms with E-state index in [2.05, 4.69) is 24.3 Å². The molecule has 0 amide bonds. The Hall–Kier alpha value is -3.33. The topological polar surface area (TPSA) is 41.7 Å². The van der Waals surface area contributed by atoms with E-state index in [0.717, 1.165) is 17.5 Å². The molecule has 4 rings (SSSR count). The van der Waals surface area contributed by atoms with Gasteiger partial charge in [-0.25, -0.2) is 4.79 Å². The average molecular weight is 327 g/mol. The number of nitrogens with zero attached hydrogens (tertiary/aromatic N) is 1. The first-order chi connectivity index (χ1) is 12.2. The second kappa shape index (κ2) is 6.29. The Morgan fingerprint density at radius 2 is 1.52 bits per heavy atom. The molecule has 3 heteroatoms. The Balaban J connectivity index is 1.72. The molecule has 0 aliphatic heterocycles. The summed E-state index contributed by atoms with van der Waals surface area (Å²) in [4.78, 5) is 11.8. The van der Waals surface area contributed by atoms with Gasteiger partial charge in [0.1, 0.15) is 0 Å². The fourth-order valence-corrected chi connectivity index (χ4v) is 3.20. The highest BCUT2D eigenvalue weighted by molar-refractivity contribution is 6.03. The molecule has 2 aromatic carbocycles. The van der Waals surface area contributed by atoms with E-state index in [1.165, 1.54) is 11.1 Å². The summed E-state index contributed by atoms with van der Waals surface area (Å²) < 4.78 is 1.86. The lowest BCUT2D eigenvalue weighted by Crippen LogP contribution is -1.97. The summed E-state index contributed by atoms with van der Waals surface area (Å²) in [7, 11) is 0. The van der Waals surface area contributed by atoms with Gasteiger partial charge in [-0.15, -0.1) is 0 Å². The first-order valence-corrected chi connectivity index (χ1v) is 8.18. The van der Waals surface area contributed by atoms with Crippen LogP contribution < -0.4 is 0 Å². The number of hydrogen-bond acceptors (Lipinski definition) is 1. The molecule has 4 aromatic rings. The van der Waals surface area contributed by atoms with E-state index in [0.29, 0.717) is 11.1 Å². The largest absolute Gasteiger partial charge is 0.478 e. The van der Waals surface area contributed by atoms with Crippen LogP contribution in [0.2, 0.25) is 0 Å². The van der Waals surface area contributed by atoms with Crippen molar-refractivity contribution in [1.82, 2.24) is 4.40 Å². The molecule has 25 heavy (non-hydrogen) atoms. The zero-order valence-corrected chi connectivity index (χ0v) is 13.6. The number of carbonyl (C=O) groups is 1. The Bertz CT molecular complexity index is 1030. The number of fused-ring (bicyclic) bond motifs is 1. The standard InChI is InChI=1S/C22H17NO2/c24-22(25)21-19(15-23-13-5-4-8-20(21)23)18-11-9-17(10-12-18)14-16-6-2-1-3-7-16/h1-13,15H,14H2,(H,24,25). The van der Waals surface area contributed by atoms with Gasteiger partial charge < -0.3 is 9.51 Å². The fraction of sp³-hybridized carbons (Fsp3) is 0.0455. The third-order valence-electron chi connectivity index (χ3n) is 4.41. The number of benzene rings is 2. The van der Waals surface area contributed by atoms with Gasteiger partial charge >= 0.3 is 5.97 Å². The minimum absolute atomic E-state index is 0.344. The van der Waals surface area contributed by atoms with Crippen LogP contribution in [0.4, 0.5) is 0 Å². The zero-order valence-electron chi connectivity index (χ0n) is 13.6. The van der Waals surface area contributed by atoms with Crippen LogP contribution in [0.25, 0.3) is 16.6 Å². The normalized spacial score (nSPS) is 10.9. The maximum Gasteiger partial charge on any atom is 0.338 e. The second-order valence-corrected chi connectivity index (χ2v) is 6.08. The van der Waals surface area contributed by atoms with Crippen LogP contribution in [0, 0.1) is 0 Å². The van der Waals surface area contributed by atoms with Crippen LogP contribution in [0.1, 0.15) is 21.5 Å². The Labute approximate surface area is 145 Å². The van der Waals surface area contributed by atoms with Crippen molar-refractivity contribution in [3.63, 3.8) is 0 Å². The SMILES string of the molecule is O=C(O)c1c(-c2ccc(Cc3ccccc3)cc2)cn2ccccc12. The van der Waals surface area contributed by atoms with Crippen molar-refractivity contribution >= 4 is 11.5 Å². The third kappa shape index (κ3) is 2.92. The molecule has 0 aliphatic rings. The van der Waals surface area contributed by atoms with E-state index >= 15 is 0 Å². The van der Waals surface area contributed by atoms with Gasteiger partial charge in [-0.1, -0.05) is 60.7 Å². The molecule has 0 bridgehead atoms. The predicted molar refractivity (Wildman–Crippen MR) is 99.0 cm³/mol. The second-order valence-electron chi connectivity index (χ2n) is 6.08. The first-order valence-electron chi connectivity index (χ1n) is 8.18. The molecule has 0 spiro atoms. The quantitative estimate of drug-likeness (QED) is 0.579. The van der Waals surface area contributed by atoms with E-state index in [4.69, 9.17) is 0 Å². The number of carboxylic acids is 1. The van der Waals surface area contributed by atoms with Crippen molar-refractivity contribution < 1.29 is 9.90 Å². The van der Waals surface area contributed by atoms with Crippen LogP contribution >= 0.6 is 0 Å². The van der Waals surface area contributed by atoms with Crippen molar-refractivity contribution in [2.24, 2.45) is 0 Å². The number of pyridine rings is 1. The maximum atomic E-state index is 11.8. The Morgan fingerprint density at radius 1 is 0.840 bits per heavy atom. The summed E-state index contributed by atoms with van der Waals surface area (Å²) in [5.41, 5.74) is 5.17. The number of aromatic carboxylic acids is 1. The smallest absolute Gasteiger partial charge is 0.338 e. The van der Waals surface area contributed by atoms with Crippen LogP contribution in [-0.4, -0.2) is 15.5 Å². The number of carboxylic acid groups (broad SMARTS) is 1. The molecule has 0 radical (unpaired) electrons. The number of aromatic nitrogens is 1. The molecule has 122 valence electrons. The van der Waals surface area contributed by atoms with Crippen LogP contribution in [0.3, 0.4) is 0 Å². The highest BCUT2D eigenvalue weighted by atomic mass is 16.4. The lowest BCUT2D eigenvalue weighted by Gasteiger charge is -2.05. The molecule has 2 heterocycles. The molecule has 0 saturated carbocycles. The Kier molecular flexibility index (Phi) is 3.82. The third-order valence-corrected chi connectivity index (χ3v) is 4.41. The predicted octanol–water partition coefficient (Wildman–Crippen LogP) is 4.90. The summed E-state index contributed by atoms with van der Waals surface area (Å²) in [5, 5.41) is 9.65. The molecular weight excluding hydrogens is 310 g/mol. The van der Waals surface area contributed by atoms with Crippen LogP contribution in [0.5, 0.6) is 0 Å². The van der Waals surface area contributed by atoms with Crippen LogP contribution in [-0.2, 0) is 6.42 Å². The van der Waals surface area contributed by atoms with Crippen molar-refractivity contribution in [2.45, 2.75) is 6.42 Å². The Morgan fingerprint density at radius 3 is 2.24 bits per heavy atom. The number of rotatable bonds is 4. The van der Waals surface area contributed by atoms with Gasteiger partial charge in [-0.05, 0) is 35.2 Å². The van der Waals surface area contributed by atoms with Gasteiger partial charge in [0, 0.05) is 18.0 Å². The summed E-state index contributed by atoms with van der Waals surface area (Å²) in [6, 6.07) is 24.0. The van der Waals surface area contributed by atoms with E-state index < -0.39 is 5.97 Å². The van der Waals surface area contributed by atoms with E-state index in [9.17, 15) is 9.90 Å². The van der Waals surface area contributed by atoms with Gasteiger partial charge in [0.2, 0.25) is 0 Å². The minimum Gasteiger partial charge on any atom is -0.478 e. The summed E-state index contributed by atoms with van der Waals surface area (Å²) in [6.45, 7) is 0. The lowest BCUT2D eigenvalue weighted by atomic mass is 9.99. The van der Waals surface area contributed by atoms with E-state index in [-0.39, 0.29) is 0 Å².